The molecule has 6 heteroatoms. The Hall–Kier alpha value is -3.33. The molecular formula is C19H18N4O2. The van der Waals surface area contributed by atoms with E-state index in [1.54, 1.807) is 38.1 Å². The highest BCUT2D eigenvalue weighted by atomic mass is 16.5. The molecule has 0 unspecified atom stereocenters. The summed E-state index contributed by atoms with van der Waals surface area (Å²) in [5.41, 5.74) is 1.18. The lowest BCUT2D eigenvalue weighted by Gasteiger charge is -2.25. The van der Waals surface area contributed by atoms with Gasteiger partial charge in [-0.15, -0.1) is 0 Å². The maximum absolute atomic E-state index is 12.6. The van der Waals surface area contributed by atoms with Gasteiger partial charge in [-0.25, -0.2) is 4.98 Å². The number of nitrogens with one attached hydrogen (secondary N) is 1. The van der Waals surface area contributed by atoms with Crippen LogP contribution >= 0.6 is 0 Å². The molecule has 3 aromatic rings. The van der Waals surface area contributed by atoms with Crippen molar-refractivity contribution in [1.29, 1.82) is 5.26 Å². The summed E-state index contributed by atoms with van der Waals surface area (Å²) in [7, 11) is 1.85. The molecule has 0 aliphatic heterocycles. The van der Waals surface area contributed by atoms with Crippen LogP contribution in [0.25, 0.3) is 11.0 Å². The summed E-state index contributed by atoms with van der Waals surface area (Å²) >= 11 is 0. The Bertz CT molecular complexity index is 965. The Morgan fingerprint density at radius 1 is 1.20 bits per heavy atom. The first-order chi connectivity index (χ1) is 11.9. The van der Waals surface area contributed by atoms with Crippen LogP contribution in [0.2, 0.25) is 0 Å². The number of imidazole rings is 1. The number of rotatable bonds is 4. The van der Waals surface area contributed by atoms with Gasteiger partial charge in [0.2, 0.25) is 5.95 Å². The summed E-state index contributed by atoms with van der Waals surface area (Å²) < 4.78 is 7.62. The van der Waals surface area contributed by atoms with Crippen LogP contribution in [0.3, 0.4) is 0 Å². The van der Waals surface area contributed by atoms with Crippen molar-refractivity contribution in [1.82, 2.24) is 9.55 Å². The first-order valence-electron chi connectivity index (χ1n) is 7.83. The Balaban J connectivity index is 1.78. The number of ether oxygens (including phenoxy) is 1. The van der Waals surface area contributed by atoms with Crippen molar-refractivity contribution in [3.05, 3.63) is 54.1 Å². The first kappa shape index (κ1) is 16.5. The molecule has 0 atom stereocenters. The summed E-state index contributed by atoms with van der Waals surface area (Å²) in [6, 6.07) is 16.3. The molecule has 3 rings (SSSR count). The number of anilines is 1. The van der Waals surface area contributed by atoms with Gasteiger partial charge in [0.05, 0.1) is 22.7 Å². The van der Waals surface area contributed by atoms with Gasteiger partial charge in [0.25, 0.3) is 5.91 Å². The second-order valence-corrected chi connectivity index (χ2v) is 6.19. The molecule has 2 aromatic carbocycles. The van der Waals surface area contributed by atoms with Crippen LogP contribution in [-0.2, 0) is 11.8 Å². The third-order valence-electron chi connectivity index (χ3n) is 3.92. The number of nitrogens with zero attached hydrogens (tertiary/aromatic N) is 3. The number of nitriles is 1. The van der Waals surface area contributed by atoms with Crippen molar-refractivity contribution in [3.63, 3.8) is 0 Å². The second kappa shape index (κ2) is 6.29. The molecule has 0 aliphatic carbocycles. The molecule has 1 amide bonds. The fraction of sp³-hybridized carbons (Fsp3) is 0.211. The Kier molecular flexibility index (Phi) is 4.15. The third kappa shape index (κ3) is 3.31. The maximum atomic E-state index is 12.6. The van der Waals surface area contributed by atoms with Crippen molar-refractivity contribution in [2.45, 2.75) is 19.4 Å². The van der Waals surface area contributed by atoms with E-state index < -0.39 is 5.60 Å². The highest BCUT2D eigenvalue weighted by molar-refractivity contribution is 5.97. The lowest BCUT2D eigenvalue weighted by atomic mass is 10.1. The quantitative estimate of drug-likeness (QED) is 0.794. The number of aromatic nitrogens is 2. The van der Waals surface area contributed by atoms with Gasteiger partial charge in [-0.2, -0.15) is 5.26 Å². The molecule has 126 valence electrons. The normalized spacial score (nSPS) is 11.1. The topological polar surface area (TPSA) is 79.9 Å². The molecule has 0 saturated carbocycles. The lowest BCUT2D eigenvalue weighted by molar-refractivity contribution is -0.128. The van der Waals surface area contributed by atoms with E-state index >= 15 is 0 Å². The minimum atomic E-state index is -1.10. The van der Waals surface area contributed by atoms with E-state index in [0.29, 0.717) is 17.3 Å². The Labute approximate surface area is 145 Å². The van der Waals surface area contributed by atoms with Crippen molar-refractivity contribution in [2.24, 2.45) is 7.05 Å². The molecule has 1 N–H and O–H groups in total. The Morgan fingerprint density at radius 3 is 2.52 bits per heavy atom. The third-order valence-corrected chi connectivity index (χ3v) is 3.92. The van der Waals surface area contributed by atoms with Gasteiger partial charge >= 0.3 is 0 Å². The standard InChI is InChI=1S/C19H18N4O2/c1-19(2,25-14-10-8-13(12-20)9-11-14)17(24)22-18-21-15-6-4-5-7-16(15)23(18)3/h4-11H,1-3H3,(H,21,22,24). The predicted molar refractivity (Wildman–Crippen MR) is 95.2 cm³/mol. The van der Waals surface area contributed by atoms with Crippen molar-refractivity contribution in [3.8, 4) is 11.8 Å². The van der Waals surface area contributed by atoms with Gasteiger partial charge in [0.1, 0.15) is 5.75 Å². The second-order valence-electron chi connectivity index (χ2n) is 6.19. The van der Waals surface area contributed by atoms with Crippen molar-refractivity contribution in [2.75, 3.05) is 5.32 Å². The summed E-state index contributed by atoms with van der Waals surface area (Å²) in [5, 5.41) is 11.7. The molecule has 0 fully saturated rings. The van der Waals surface area contributed by atoms with Crippen LogP contribution in [0, 0.1) is 11.3 Å². The number of para-hydroxylation sites is 2. The zero-order valence-corrected chi connectivity index (χ0v) is 14.3. The summed E-state index contributed by atoms with van der Waals surface area (Å²) in [6.07, 6.45) is 0. The number of carbonyl (C=O) groups excluding carboxylic acids is 1. The van der Waals surface area contributed by atoms with Crippen LogP contribution in [0.15, 0.2) is 48.5 Å². The van der Waals surface area contributed by atoms with E-state index in [9.17, 15) is 4.79 Å². The number of amides is 1. The van der Waals surface area contributed by atoms with Gasteiger partial charge in [0.15, 0.2) is 5.60 Å². The minimum Gasteiger partial charge on any atom is -0.478 e. The smallest absolute Gasteiger partial charge is 0.270 e. The number of hydrogen-bond acceptors (Lipinski definition) is 4. The monoisotopic (exact) mass is 334 g/mol. The molecule has 1 aromatic heterocycles. The SMILES string of the molecule is Cn1c(NC(=O)C(C)(C)Oc2ccc(C#N)cc2)nc2ccccc21. The van der Waals surface area contributed by atoms with E-state index in [1.165, 1.54) is 0 Å². The summed E-state index contributed by atoms with van der Waals surface area (Å²) in [5.74, 6) is 0.669. The molecule has 0 spiro atoms. The Morgan fingerprint density at radius 2 is 1.88 bits per heavy atom. The van der Waals surface area contributed by atoms with Gasteiger partial charge in [-0.1, -0.05) is 12.1 Å². The fourth-order valence-corrected chi connectivity index (χ4v) is 2.45. The summed E-state index contributed by atoms with van der Waals surface area (Å²) in [4.78, 5) is 17.1. The fourth-order valence-electron chi connectivity index (χ4n) is 2.45. The van der Waals surface area contributed by atoms with Gasteiger partial charge in [-0.05, 0) is 50.2 Å². The number of hydrogen-bond donors (Lipinski definition) is 1. The number of carbonyl (C=O) groups is 1. The van der Waals surface area contributed by atoms with Crippen LogP contribution in [0.4, 0.5) is 5.95 Å². The molecule has 0 radical (unpaired) electrons. The average Bonchev–Trinajstić information content (AvgIpc) is 2.91. The largest absolute Gasteiger partial charge is 0.478 e. The molecule has 1 heterocycles. The number of aryl methyl sites for hydroxylation is 1. The van der Waals surface area contributed by atoms with Crippen LogP contribution in [0.5, 0.6) is 5.75 Å². The molecule has 0 saturated heterocycles. The van der Waals surface area contributed by atoms with Crippen LogP contribution in [0.1, 0.15) is 19.4 Å². The molecule has 6 nitrogen and oxygen atoms in total. The van der Waals surface area contributed by atoms with Crippen LogP contribution in [-0.4, -0.2) is 21.1 Å². The average molecular weight is 334 g/mol. The minimum absolute atomic E-state index is 0.310. The summed E-state index contributed by atoms with van der Waals surface area (Å²) in [6.45, 7) is 3.37. The lowest BCUT2D eigenvalue weighted by Crippen LogP contribution is -2.43. The highest BCUT2D eigenvalue weighted by Crippen LogP contribution is 2.22. The zero-order valence-electron chi connectivity index (χ0n) is 14.3. The number of fused-ring (bicyclic) bond motifs is 1. The van der Waals surface area contributed by atoms with Gasteiger partial charge in [-0.3, -0.25) is 10.1 Å². The van der Waals surface area contributed by atoms with Crippen molar-refractivity contribution >= 4 is 22.9 Å². The van der Waals surface area contributed by atoms with Crippen molar-refractivity contribution < 1.29 is 9.53 Å². The van der Waals surface area contributed by atoms with E-state index in [1.807, 2.05) is 41.9 Å². The predicted octanol–water partition coefficient (Wildman–Crippen LogP) is 3.24. The van der Waals surface area contributed by atoms with Gasteiger partial charge in [0, 0.05) is 7.05 Å². The highest BCUT2D eigenvalue weighted by Gasteiger charge is 2.31. The van der Waals surface area contributed by atoms with E-state index in [0.717, 1.165) is 11.0 Å². The molecule has 0 aliphatic rings. The van der Waals surface area contributed by atoms with E-state index in [2.05, 4.69) is 10.3 Å². The van der Waals surface area contributed by atoms with E-state index in [4.69, 9.17) is 10.00 Å². The van der Waals surface area contributed by atoms with Crippen LogP contribution < -0.4 is 10.1 Å². The molecule has 25 heavy (non-hydrogen) atoms. The maximum Gasteiger partial charge on any atom is 0.270 e. The zero-order chi connectivity index (χ0) is 18.0. The number of benzene rings is 2. The molecule has 0 bridgehead atoms. The first-order valence-corrected chi connectivity index (χ1v) is 7.83. The molecular weight excluding hydrogens is 316 g/mol. The van der Waals surface area contributed by atoms with Gasteiger partial charge < -0.3 is 9.30 Å². The van der Waals surface area contributed by atoms with E-state index in [-0.39, 0.29) is 5.91 Å².